The predicted octanol–water partition coefficient (Wildman–Crippen LogP) is 5.75. The first-order valence-electron chi connectivity index (χ1n) is 7.39. The van der Waals surface area contributed by atoms with Gasteiger partial charge in [0.25, 0.3) is 0 Å². The quantitative estimate of drug-likeness (QED) is 0.580. The molecule has 0 bridgehead atoms. The Morgan fingerprint density at radius 1 is 1.00 bits per heavy atom. The van der Waals surface area contributed by atoms with Crippen LogP contribution >= 0.6 is 0 Å². The third-order valence-corrected chi connectivity index (χ3v) is 4.78. The molecule has 0 spiro atoms. The van der Waals surface area contributed by atoms with E-state index in [9.17, 15) is 17.6 Å². The van der Waals surface area contributed by atoms with Crippen LogP contribution in [0.1, 0.15) is 52.4 Å². The van der Waals surface area contributed by atoms with Gasteiger partial charge in [-0.2, -0.15) is 17.6 Å². The number of rotatable bonds is 3. The molecule has 0 aromatic heterocycles. The lowest BCUT2D eigenvalue weighted by atomic mass is 9.79. The minimum absolute atomic E-state index is 0.0748. The van der Waals surface area contributed by atoms with Crippen LogP contribution in [-0.4, -0.2) is 11.8 Å². The molecule has 114 valence electrons. The zero-order valence-corrected chi connectivity index (χ0v) is 12.1. The lowest BCUT2D eigenvalue weighted by Crippen LogP contribution is -2.44. The minimum atomic E-state index is -4.04. The van der Waals surface area contributed by atoms with E-state index >= 15 is 0 Å². The average molecular weight is 290 g/mol. The first kappa shape index (κ1) is 15.6. The van der Waals surface area contributed by atoms with Gasteiger partial charge in [0.2, 0.25) is 0 Å². The van der Waals surface area contributed by atoms with Crippen molar-refractivity contribution in [3.8, 4) is 0 Å². The Hall–Kier alpha value is -0.800. The molecule has 2 rings (SSSR count). The van der Waals surface area contributed by atoms with Crippen LogP contribution in [0.25, 0.3) is 0 Å². The summed E-state index contributed by atoms with van der Waals surface area (Å²) >= 11 is 0. The SMILES string of the molecule is CC1=CC=C(CCC2CCC(C)CC2)C(F)(F)C1(F)F. The Balaban J connectivity index is 1.99. The zero-order valence-electron chi connectivity index (χ0n) is 12.1. The van der Waals surface area contributed by atoms with Gasteiger partial charge in [0.1, 0.15) is 0 Å². The van der Waals surface area contributed by atoms with Gasteiger partial charge in [0.05, 0.1) is 0 Å². The van der Waals surface area contributed by atoms with Crippen molar-refractivity contribution in [2.75, 3.05) is 0 Å². The average Bonchev–Trinajstić information content (AvgIpc) is 2.38. The molecule has 0 unspecified atom stereocenters. The standard InChI is InChI=1S/C16H22F4/c1-11-3-6-13(7-4-11)8-10-14-9-5-12(2)15(17,18)16(14,19)20/h5,9,11,13H,3-4,6-8,10H2,1-2H3. The molecule has 1 saturated carbocycles. The van der Waals surface area contributed by atoms with Crippen LogP contribution in [-0.2, 0) is 0 Å². The van der Waals surface area contributed by atoms with Crippen molar-refractivity contribution in [2.24, 2.45) is 11.8 Å². The van der Waals surface area contributed by atoms with E-state index in [1.165, 1.54) is 6.08 Å². The first-order chi connectivity index (χ1) is 9.25. The summed E-state index contributed by atoms with van der Waals surface area (Å²) in [6.45, 7) is 3.26. The largest absolute Gasteiger partial charge is 0.335 e. The maximum atomic E-state index is 13.9. The topological polar surface area (TPSA) is 0 Å². The van der Waals surface area contributed by atoms with Gasteiger partial charge in [-0.15, -0.1) is 0 Å². The van der Waals surface area contributed by atoms with Gasteiger partial charge in [-0.1, -0.05) is 44.8 Å². The number of allylic oxidation sites excluding steroid dienone is 4. The Labute approximate surface area is 117 Å². The highest BCUT2D eigenvalue weighted by molar-refractivity contribution is 5.36. The number of halogens is 4. The number of alkyl halides is 4. The van der Waals surface area contributed by atoms with Crippen molar-refractivity contribution in [3.05, 3.63) is 23.3 Å². The van der Waals surface area contributed by atoms with Crippen molar-refractivity contribution in [1.82, 2.24) is 0 Å². The van der Waals surface area contributed by atoms with Gasteiger partial charge in [-0.25, -0.2) is 0 Å². The third kappa shape index (κ3) is 2.79. The van der Waals surface area contributed by atoms with E-state index in [1.54, 1.807) is 0 Å². The van der Waals surface area contributed by atoms with E-state index in [2.05, 4.69) is 6.92 Å². The lowest BCUT2D eigenvalue weighted by molar-refractivity contribution is -0.164. The van der Waals surface area contributed by atoms with Crippen LogP contribution in [0.4, 0.5) is 17.6 Å². The third-order valence-electron chi connectivity index (χ3n) is 4.78. The van der Waals surface area contributed by atoms with Crippen LogP contribution in [0.3, 0.4) is 0 Å². The van der Waals surface area contributed by atoms with E-state index in [0.717, 1.165) is 38.7 Å². The molecule has 0 aromatic rings. The Morgan fingerprint density at radius 2 is 1.60 bits per heavy atom. The second kappa shape index (κ2) is 5.53. The summed E-state index contributed by atoms with van der Waals surface area (Å²) in [5, 5.41) is 0. The highest BCUT2D eigenvalue weighted by Gasteiger charge is 2.60. The molecular weight excluding hydrogens is 268 g/mol. The van der Waals surface area contributed by atoms with Crippen LogP contribution in [0.15, 0.2) is 23.3 Å². The second-order valence-electron chi connectivity index (χ2n) is 6.35. The van der Waals surface area contributed by atoms with Crippen molar-refractivity contribution in [2.45, 2.75) is 64.2 Å². The molecule has 0 nitrogen and oxygen atoms in total. The van der Waals surface area contributed by atoms with Crippen molar-refractivity contribution in [3.63, 3.8) is 0 Å². The smallest absolute Gasteiger partial charge is 0.194 e. The molecular formula is C16H22F4. The van der Waals surface area contributed by atoms with Gasteiger partial charge in [-0.3, -0.25) is 0 Å². The maximum Gasteiger partial charge on any atom is 0.335 e. The van der Waals surface area contributed by atoms with Crippen LogP contribution in [0, 0.1) is 11.8 Å². The molecule has 0 amide bonds. The molecule has 0 aliphatic heterocycles. The van der Waals surface area contributed by atoms with Gasteiger partial charge in [0, 0.05) is 11.1 Å². The molecule has 0 saturated heterocycles. The summed E-state index contributed by atoms with van der Waals surface area (Å²) in [4.78, 5) is 0. The Bertz CT molecular complexity index is 412. The normalized spacial score (nSPS) is 32.5. The molecule has 0 heterocycles. The molecule has 0 radical (unpaired) electrons. The Morgan fingerprint density at radius 3 is 2.20 bits per heavy atom. The molecule has 2 aliphatic rings. The molecule has 20 heavy (non-hydrogen) atoms. The van der Waals surface area contributed by atoms with E-state index < -0.39 is 23.0 Å². The fraction of sp³-hybridized carbons (Fsp3) is 0.750. The fourth-order valence-electron chi connectivity index (χ4n) is 3.10. The highest BCUT2D eigenvalue weighted by Crippen LogP contribution is 2.48. The van der Waals surface area contributed by atoms with E-state index in [0.29, 0.717) is 18.3 Å². The number of hydrogen-bond acceptors (Lipinski definition) is 0. The highest BCUT2D eigenvalue weighted by atomic mass is 19.3. The van der Waals surface area contributed by atoms with Crippen LogP contribution < -0.4 is 0 Å². The lowest BCUT2D eigenvalue weighted by Gasteiger charge is -2.33. The second-order valence-corrected chi connectivity index (χ2v) is 6.35. The minimum Gasteiger partial charge on any atom is -0.194 e. The summed E-state index contributed by atoms with van der Waals surface area (Å²) in [5.41, 5.74) is -0.968. The summed E-state index contributed by atoms with van der Waals surface area (Å²) in [5.74, 6) is -6.97. The monoisotopic (exact) mass is 290 g/mol. The molecule has 0 N–H and O–H groups in total. The summed E-state index contributed by atoms with van der Waals surface area (Å²) < 4.78 is 54.9. The van der Waals surface area contributed by atoms with E-state index in [4.69, 9.17) is 0 Å². The van der Waals surface area contributed by atoms with E-state index in [1.807, 2.05) is 0 Å². The molecule has 0 aromatic carbocycles. The predicted molar refractivity (Wildman–Crippen MR) is 72.1 cm³/mol. The Kier molecular flexibility index (Phi) is 4.31. The summed E-state index contributed by atoms with van der Waals surface area (Å²) in [7, 11) is 0. The van der Waals surface area contributed by atoms with Gasteiger partial charge in [0.15, 0.2) is 0 Å². The molecule has 4 heteroatoms. The maximum absolute atomic E-state index is 13.9. The van der Waals surface area contributed by atoms with Crippen LogP contribution in [0.2, 0.25) is 0 Å². The van der Waals surface area contributed by atoms with E-state index in [-0.39, 0.29) is 6.42 Å². The van der Waals surface area contributed by atoms with Gasteiger partial charge >= 0.3 is 11.8 Å². The fourth-order valence-corrected chi connectivity index (χ4v) is 3.10. The van der Waals surface area contributed by atoms with Crippen molar-refractivity contribution >= 4 is 0 Å². The summed E-state index contributed by atoms with van der Waals surface area (Å²) in [6.07, 6.45) is 7.30. The summed E-state index contributed by atoms with van der Waals surface area (Å²) in [6, 6.07) is 0. The van der Waals surface area contributed by atoms with Crippen LogP contribution in [0.5, 0.6) is 0 Å². The first-order valence-corrected chi connectivity index (χ1v) is 7.39. The van der Waals surface area contributed by atoms with Gasteiger partial charge < -0.3 is 0 Å². The van der Waals surface area contributed by atoms with Crippen molar-refractivity contribution < 1.29 is 17.6 Å². The zero-order chi connectivity index (χ0) is 15.0. The molecule has 2 aliphatic carbocycles. The van der Waals surface area contributed by atoms with Gasteiger partial charge in [-0.05, 0) is 31.6 Å². The molecule has 0 atom stereocenters. The number of hydrogen-bond donors (Lipinski definition) is 0. The molecule has 1 fully saturated rings. The van der Waals surface area contributed by atoms with Crippen molar-refractivity contribution in [1.29, 1.82) is 0 Å².